The molecule has 1 aromatic heterocycles. The second kappa shape index (κ2) is 5.50. The number of rotatable bonds is 7. The largest absolute Gasteiger partial charge is 0.363 e. The number of sulfonamides is 1. The van der Waals surface area contributed by atoms with Crippen LogP contribution >= 0.6 is 0 Å². The first-order chi connectivity index (χ1) is 9.21. The van der Waals surface area contributed by atoms with Crippen molar-refractivity contribution in [1.82, 2.24) is 15.0 Å². The number of H-pyrrole nitrogens is 1. The van der Waals surface area contributed by atoms with Gasteiger partial charge in [-0.15, -0.1) is 0 Å². The van der Waals surface area contributed by atoms with Gasteiger partial charge in [-0.25, -0.2) is 13.1 Å². The van der Waals surface area contributed by atoms with Crippen molar-refractivity contribution in [2.24, 2.45) is 11.3 Å². The molecule has 0 radical (unpaired) electrons. The molecule has 1 aromatic rings. The highest BCUT2D eigenvalue weighted by atomic mass is 32.2. The van der Waals surface area contributed by atoms with Gasteiger partial charge in [0.1, 0.15) is 0 Å². The van der Waals surface area contributed by atoms with E-state index in [0.717, 1.165) is 12.1 Å². The minimum atomic E-state index is -3.39. The van der Waals surface area contributed by atoms with Crippen LogP contribution in [0.5, 0.6) is 0 Å². The monoisotopic (exact) mass is 299 g/mol. The lowest BCUT2D eigenvalue weighted by molar-refractivity contribution is 0.537. The molecule has 1 atom stereocenters. The first kappa shape index (κ1) is 15.5. The normalized spacial score (nSPS) is 21.4. The van der Waals surface area contributed by atoms with Gasteiger partial charge in [-0.3, -0.25) is 0 Å². The number of aromatic nitrogens is 1. The van der Waals surface area contributed by atoms with Gasteiger partial charge in [0.25, 0.3) is 0 Å². The first-order valence-corrected chi connectivity index (χ1v) is 8.59. The molecule has 1 unspecified atom stereocenters. The molecule has 1 heterocycles. The van der Waals surface area contributed by atoms with Crippen molar-refractivity contribution in [1.29, 1.82) is 0 Å². The Balaban J connectivity index is 1.92. The van der Waals surface area contributed by atoms with E-state index in [2.05, 4.69) is 42.7 Å². The van der Waals surface area contributed by atoms with Crippen LogP contribution in [0.4, 0.5) is 0 Å². The highest BCUT2D eigenvalue weighted by Crippen LogP contribution is 2.51. The van der Waals surface area contributed by atoms with E-state index in [4.69, 9.17) is 0 Å². The van der Waals surface area contributed by atoms with E-state index in [9.17, 15) is 8.42 Å². The summed E-state index contributed by atoms with van der Waals surface area (Å²) in [7, 11) is -3.39. The molecule has 5 nitrogen and oxygen atoms in total. The van der Waals surface area contributed by atoms with Crippen molar-refractivity contribution in [3.05, 3.63) is 18.0 Å². The van der Waals surface area contributed by atoms with Gasteiger partial charge in [-0.1, -0.05) is 27.7 Å². The third kappa shape index (κ3) is 3.84. The van der Waals surface area contributed by atoms with E-state index in [0.29, 0.717) is 29.9 Å². The highest BCUT2D eigenvalue weighted by molar-refractivity contribution is 7.89. The summed E-state index contributed by atoms with van der Waals surface area (Å²) in [6.45, 7) is 9.61. The number of hydrogen-bond acceptors (Lipinski definition) is 3. The standard InChI is InChI=1S/C14H25N3O2S/c1-10(2)15-8-12-5-13(9-16-12)20(18,19)17-7-11-6-14(11,3)4/h5,9-11,15-17H,6-8H2,1-4H3. The van der Waals surface area contributed by atoms with Gasteiger partial charge < -0.3 is 10.3 Å². The molecule has 0 aliphatic heterocycles. The van der Waals surface area contributed by atoms with Crippen LogP contribution in [-0.4, -0.2) is 26.0 Å². The summed E-state index contributed by atoms with van der Waals surface area (Å²) in [5, 5.41) is 3.25. The second-order valence-corrected chi connectivity index (χ2v) is 8.40. The summed E-state index contributed by atoms with van der Waals surface area (Å²) in [5.41, 5.74) is 1.17. The Kier molecular flexibility index (Phi) is 4.27. The fourth-order valence-corrected chi connectivity index (χ4v) is 3.31. The molecule has 0 aromatic carbocycles. The molecule has 0 spiro atoms. The average molecular weight is 299 g/mol. The Bertz CT molecular complexity index is 561. The van der Waals surface area contributed by atoms with E-state index in [1.807, 2.05) is 0 Å². The average Bonchev–Trinajstić information content (AvgIpc) is 2.77. The number of hydrogen-bond donors (Lipinski definition) is 3. The fraction of sp³-hybridized carbons (Fsp3) is 0.714. The van der Waals surface area contributed by atoms with E-state index >= 15 is 0 Å². The summed E-state index contributed by atoms with van der Waals surface area (Å²) in [6, 6.07) is 2.06. The Morgan fingerprint density at radius 1 is 1.45 bits per heavy atom. The summed E-state index contributed by atoms with van der Waals surface area (Å²) in [5.74, 6) is 0.457. The third-order valence-corrected chi connectivity index (χ3v) is 5.37. The highest BCUT2D eigenvalue weighted by Gasteiger charge is 2.45. The molecule has 0 bridgehead atoms. The van der Waals surface area contributed by atoms with Gasteiger partial charge in [0.05, 0.1) is 4.90 Å². The summed E-state index contributed by atoms with van der Waals surface area (Å²) < 4.78 is 27.1. The van der Waals surface area contributed by atoms with Gasteiger partial charge in [0.2, 0.25) is 10.0 Å². The predicted octanol–water partition coefficient (Wildman–Crippen LogP) is 1.84. The van der Waals surface area contributed by atoms with Crippen LogP contribution in [-0.2, 0) is 16.6 Å². The van der Waals surface area contributed by atoms with Gasteiger partial charge in [0.15, 0.2) is 0 Å². The lowest BCUT2D eigenvalue weighted by Crippen LogP contribution is -2.26. The Labute approximate surface area is 121 Å². The molecule has 3 N–H and O–H groups in total. The van der Waals surface area contributed by atoms with E-state index in [-0.39, 0.29) is 5.41 Å². The minimum Gasteiger partial charge on any atom is -0.363 e. The Morgan fingerprint density at radius 3 is 2.65 bits per heavy atom. The molecular weight excluding hydrogens is 274 g/mol. The van der Waals surface area contributed by atoms with E-state index < -0.39 is 10.0 Å². The predicted molar refractivity (Wildman–Crippen MR) is 79.8 cm³/mol. The SMILES string of the molecule is CC(C)NCc1cc(S(=O)(=O)NCC2CC2(C)C)c[nH]1. The van der Waals surface area contributed by atoms with Crippen molar-refractivity contribution in [2.75, 3.05) is 6.54 Å². The first-order valence-electron chi connectivity index (χ1n) is 7.11. The van der Waals surface area contributed by atoms with Crippen LogP contribution < -0.4 is 10.0 Å². The summed E-state index contributed by atoms with van der Waals surface area (Å²) in [6.07, 6.45) is 2.64. The minimum absolute atomic E-state index is 0.285. The lowest BCUT2D eigenvalue weighted by Gasteiger charge is -2.06. The van der Waals surface area contributed by atoms with Crippen LogP contribution in [0.1, 0.15) is 39.8 Å². The van der Waals surface area contributed by atoms with Crippen molar-refractivity contribution in [3.8, 4) is 0 Å². The lowest BCUT2D eigenvalue weighted by atomic mass is 10.1. The summed E-state index contributed by atoms with van der Waals surface area (Å²) >= 11 is 0. The van der Waals surface area contributed by atoms with Crippen molar-refractivity contribution < 1.29 is 8.42 Å². The molecule has 0 amide bonds. The van der Waals surface area contributed by atoms with Crippen molar-refractivity contribution in [2.45, 2.75) is 51.6 Å². The van der Waals surface area contributed by atoms with Gasteiger partial charge in [-0.2, -0.15) is 0 Å². The molecule has 1 saturated carbocycles. The summed E-state index contributed by atoms with van der Waals surface area (Å²) in [4.78, 5) is 3.32. The molecule has 2 rings (SSSR count). The maximum atomic E-state index is 12.2. The zero-order valence-electron chi connectivity index (χ0n) is 12.7. The van der Waals surface area contributed by atoms with Crippen molar-refractivity contribution >= 4 is 10.0 Å². The molecule has 6 heteroatoms. The smallest absolute Gasteiger partial charge is 0.242 e. The molecule has 0 saturated heterocycles. The zero-order valence-corrected chi connectivity index (χ0v) is 13.5. The maximum Gasteiger partial charge on any atom is 0.242 e. The molecule has 1 aliphatic rings. The zero-order chi connectivity index (χ0) is 15.0. The molecule has 20 heavy (non-hydrogen) atoms. The number of aromatic amines is 1. The second-order valence-electron chi connectivity index (χ2n) is 6.64. The van der Waals surface area contributed by atoms with Gasteiger partial charge >= 0.3 is 0 Å². The van der Waals surface area contributed by atoms with Crippen LogP contribution in [0, 0.1) is 11.3 Å². The van der Waals surface area contributed by atoms with Crippen LogP contribution in [0.3, 0.4) is 0 Å². The Hall–Kier alpha value is -0.850. The van der Waals surface area contributed by atoms with Crippen LogP contribution in [0.15, 0.2) is 17.2 Å². The van der Waals surface area contributed by atoms with Crippen molar-refractivity contribution in [3.63, 3.8) is 0 Å². The van der Waals surface area contributed by atoms with Gasteiger partial charge in [0, 0.05) is 31.0 Å². The number of nitrogens with one attached hydrogen (secondary N) is 3. The maximum absolute atomic E-state index is 12.2. The van der Waals surface area contributed by atoms with Crippen LogP contribution in [0.2, 0.25) is 0 Å². The third-order valence-electron chi connectivity index (χ3n) is 3.96. The van der Waals surface area contributed by atoms with E-state index in [1.165, 1.54) is 0 Å². The molecular formula is C14H25N3O2S. The molecule has 1 aliphatic carbocycles. The molecule has 1 fully saturated rings. The van der Waals surface area contributed by atoms with Gasteiger partial charge in [-0.05, 0) is 23.8 Å². The Morgan fingerprint density at radius 2 is 2.10 bits per heavy atom. The van der Waals surface area contributed by atoms with Crippen LogP contribution in [0.25, 0.3) is 0 Å². The quantitative estimate of drug-likeness (QED) is 0.719. The topological polar surface area (TPSA) is 74.0 Å². The van der Waals surface area contributed by atoms with E-state index in [1.54, 1.807) is 12.3 Å². The molecule has 114 valence electrons. The fourth-order valence-electron chi connectivity index (χ4n) is 2.21.